The molecule has 0 atom stereocenters. The highest BCUT2D eigenvalue weighted by molar-refractivity contribution is 6.25. The lowest BCUT2D eigenvalue weighted by atomic mass is 9.94. The maximum Gasteiger partial charge on any atom is 0.337 e. The molecule has 4 rings (SSSR count). The summed E-state index contributed by atoms with van der Waals surface area (Å²) in [6.07, 6.45) is 0.302. The molecule has 1 heterocycles. The first-order valence-electron chi connectivity index (χ1n) is 9.76. The van der Waals surface area contributed by atoms with Crippen molar-refractivity contribution in [1.82, 2.24) is 4.90 Å². The number of carbonyl (C=O) groups is 4. The monoisotopic (exact) mass is 417 g/mol. The van der Waals surface area contributed by atoms with Crippen LogP contribution in [0.5, 0.6) is 5.75 Å². The third-order valence-corrected chi connectivity index (χ3v) is 5.13. The Bertz CT molecular complexity index is 1150. The van der Waals surface area contributed by atoms with E-state index < -0.39 is 11.9 Å². The first kappa shape index (κ1) is 20.3. The minimum Gasteiger partial charge on any atom is -0.465 e. The van der Waals surface area contributed by atoms with E-state index in [1.165, 1.54) is 36.3 Å². The Morgan fingerprint density at radius 3 is 2.06 bits per heavy atom. The number of nitrogens with zero attached hydrogens (tertiary/aromatic N) is 1. The summed E-state index contributed by atoms with van der Waals surface area (Å²) < 4.78 is 9.87. The second-order valence-corrected chi connectivity index (χ2v) is 7.06. The maximum atomic E-state index is 12.8. The van der Waals surface area contributed by atoms with Gasteiger partial charge in [0.25, 0.3) is 11.8 Å². The van der Waals surface area contributed by atoms with Gasteiger partial charge in [0.2, 0.25) is 0 Å². The SMILES string of the molecule is COC(=O)c1ccc(OC(=O)CCCN2C(=O)c3cccc4cccc(c34)C2=O)cc1. The third kappa shape index (κ3) is 3.90. The molecule has 0 N–H and O–H groups in total. The molecule has 0 radical (unpaired) electrons. The van der Waals surface area contributed by atoms with Gasteiger partial charge < -0.3 is 9.47 Å². The minimum absolute atomic E-state index is 0.0294. The van der Waals surface area contributed by atoms with Crippen LogP contribution in [0.4, 0.5) is 0 Å². The van der Waals surface area contributed by atoms with Crippen LogP contribution in [-0.4, -0.2) is 42.3 Å². The van der Waals surface area contributed by atoms with Crippen LogP contribution in [0.2, 0.25) is 0 Å². The van der Waals surface area contributed by atoms with E-state index in [0.717, 1.165) is 5.39 Å². The lowest BCUT2D eigenvalue weighted by Gasteiger charge is -2.27. The van der Waals surface area contributed by atoms with Crippen molar-refractivity contribution in [3.05, 3.63) is 77.4 Å². The van der Waals surface area contributed by atoms with Crippen LogP contribution in [0.15, 0.2) is 60.7 Å². The average molecular weight is 417 g/mol. The molecule has 156 valence electrons. The molecule has 0 unspecified atom stereocenters. The van der Waals surface area contributed by atoms with Gasteiger partial charge in [0.15, 0.2) is 0 Å². The summed E-state index contributed by atoms with van der Waals surface area (Å²) >= 11 is 0. The first-order chi connectivity index (χ1) is 15.0. The summed E-state index contributed by atoms with van der Waals surface area (Å²) in [5.74, 6) is -1.40. The van der Waals surface area contributed by atoms with Gasteiger partial charge in [-0.2, -0.15) is 0 Å². The molecule has 2 amide bonds. The Kier molecular flexibility index (Phi) is 5.49. The summed E-state index contributed by atoms with van der Waals surface area (Å²) in [6, 6.07) is 16.7. The van der Waals surface area contributed by atoms with Crippen LogP contribution in [0.25, 0.3) is 10.8 Å². The van der Waals surface area contributed by atoms with Crippen molar-refractivity contribution in [1.29, 1.82) is 0 Å². The van der Waals surface area contributed by atoms with Gasteiger partial charge in [-0.05, 0) is 48.2 Å². The number of methoxy groups -OCH3 is 1. The van der Waals surface area contributed by atoms with Crippen LogP contribution in [0.1, 0.15) is 43.9 Å². The molecule has 0 aromatic heterocycles. The van der Waals surface area contributed by atoms with Gasteiger partial charge in [-0.25, -0.2) is 4.79 Å². The van der Waals surface area contributed by atoms with Gasteiger partial charge in [-0.15, -0.1) is 0 Å². The predicted molar refractivity (Wildman–Crippen MR) is 112 cm³/mol. The number of hydrogen-bond donors (Lipinski definition) is 0. The lowest BCUT2D eigenvalue weighted by Crippen LogP contribution is -2.41. The molecule has 3 aromatic rings. The van der Waals surface area contributed by atoms with E-state index in [9.17, 15) is 19.2 Å². The number of carbonyl (C=O) groups excluding carboxylic acids is 4. The molecule has 1 aliphatic heterocycles. The normalized spacial score (nSPS) is 12.7. The van der Waals surface area contributed by atoms with Crippen molar-refractivity contribution in [3.63, 3.8) is 0 Å². The summed E-state index contributed by atoms with van der Waals surface area (Å²) in [6.45, 7) is 0.110. The molecule has 0 spiro atoms. The maximum absolute atomic E-state index is 12.8. The zero-order valence-corrected chi connectivity index (χ0v) is 16.8. The third-order valence-electron chi connectivity index (χ3n) is 5.13. The van der Waals surface area contributed by atoms with Crippen LogP contribution < -0.4 is 4.74 Å². The molecule has 0 bridgehead atoms. The van der Waals surface area contributed by atoms with E-state index in [-0.39, 0.29) is 31.2 Å². The highest BCUT2D eigenvalue weighted by atomic mass is 16.5. The van der Waals surface area contributed by atoms with E-state index in [1.54, 1.807) is 24.3 Å². The van der Waals surface area contributed by atoms with Gasteiger partial charge in [0.05, 0.1) is 12.7 Å². The fraction of sp³-hybridized carbons (Fsp3) is 0.167. The van der Waals surface area contributed by atoms with Gasteiger partial charge in [-0.1, -0.05) is 24.3 Å². The van der Waals surface area contributed by atoms with Crippen molar-refractivity contribution in [2.75, 3.05) is 13.7 Å². The van der Waals surface area contributed by atoms with Crippen molar-refractivity contribution >= 4 is 34.5 Å². The number of hydrogen-bond acceptors (Lipinski definition) is 6. The second kappa shape index (κ2) is 8.39. The minimum atomic E-state index is -0.495. The fourth-order valence-corrected chi connectivity index (χ4v) is 3.62. The first-order valence-corrected chi connectivity index (χ1v) is 9.76. The van der Waals surface area contributed by atoms with Crippen molar-refractivity contribution in [2.24, 2.45) is 0 Å². The summed E-state index contributed by atoms with van der Waals surface area (Å²) in [5, 5.41) is 1.52. The Labute approximate surface area is 178 Å². The predicted octanol–water partition coefficient (Wildman–Crippen LogP) is 3.61. The van der Waals surface area contributed by atoms with Gasteiger partial charge >= 0.3 is 11.9 Å². The van der Waals surface area contributed by atoms with Crippen LogP contribution in [0.3, 0.4) is 0 Å². The zero-order chi connectivity index (χ0) is 22.0. The highest BCUT2D eigenvalue weighted by Gasteiger charge is 2.32. The molecule has 0 aliphatic carbocycles. The highest BCUT2D eigenvalue weighted by Crippen LogP contribution is 2.30. The van der Waals surface area contributed by atoms with Crippen molar-refractivity contribution in [2.45, 2.75) is 12.8 Å². The van der Waals surface area contributed by atoms with E-state index in [2.05, 4.69) is 4.74 Å². The van der Waals surface area contributed by atoms with E-state index in [1.807, 2.05) is 12.1 Å². The number of amides is 2. The molecular formula is C24H19NO6. The Hall–Kier alpha value is -4.00. The van der Waals surface area contributed by atoms with E-state index in [0.29, 0.717) is 27.8 Å². The summed E-state index contributed by atoms with van der Waals surface area (Å²) in [5.41, 5.74) is 1.32. The summed E-state index contributed by atoms with van der Waals surface area (Å²) in [4.78, 5) is 50.4. The molecule has 0 saturated heterocycles. The van der Waals surface area contributed by atoms with E-state index in [4.69, 9.17) is 4.74 Å². The fourth-order valence-electron chi connectivity index (χ4n) is 3.62. The quantitative estimate of drug-likeness (QED) is 0.346. The van der Waals surface area contributed by atoms with Crippen molar-refractivity contribution < 1.29 is 28.7 Å². The Morgan fingerprint density at radius 2 is 1.48 bits per heavy atom. The average Bonchev–Trinajstić information content (AvgIpc) is 2.79. The number of esters is 2. The smallest absolute Gasteiger partial charge is 0.337 e. The number of rotatable bonds is 6. The standard InChI is InChI=1S/C24H19NO6/c1-30-24(29)16-10-12-17(13-11-16)31-20(26)9-4-14-25-22(27)18-7-2-5-15-6-3-8-19(21(15)18)23(25)28/h2-3,5-8,10-13H,4,9,14H2,1H3. The molecule has 0 saturated carbocycles. The van der Waals surface area contributed by atoms with Crippen molar-refractivity contribution in [3.8, 4) is 5.75 Å². The lowest BCUT2D eigenvalue weighted by molar-refractivity contribution is -0.134. The van der Waals surface area contributed by atoms with Gasteiger partial charge in [0.1, 0.15) is 5.75 Å². The molecule has 1 aliphatic rings. The van der Waals surface area contributed by atoms with Gasteiger partial charge in [-0.3, -0.25) is 19.3 Å². The molecule has 31 heavy (non-hydrogen) atoms. The summed E-state index contributed by atoms with van der Waals surface area (Å²) in [7, 11) is 1.28. The molecular weight excluding hydrogens is 398 g/mol. The Balaban J connectivity index is 1.37. The number of ether oxygens (including phenoxy) is 2. The van der Waals surface area contributed by atoms with Crippen LogP contribution >= 0.6 is 0 Å². The number of benzene rings is 3. The molecule has 7 heteroatoms. The number of imide groups is 1. The van der Waals surface area contributed by atoms with Crippen LogP contribution in [0, 0.1) is 0 Å². The van der Waals surface area contributed by atoms with E-state index >= 15 is 0 Å². The topological polar surface area (TPSA) is 90.0 Å². The molecule has 0 fully saturated rings. The second-order valence-electron chi connectivity index (χ2n) is 7.06. The zero-order valence-electron chi connectivity index (χ0n) is 16.8. The molecule has 7 nitrogen and oxygen atoms in total. The van der Waals surface area contributed by atoms with Crippen LogP contribution in [-0.2, 0) is 9.53 Å². The largest absolute Gasteiger partial charge is 0.465 e. The Morgan fingerprint density at radius 1 is 0.871 bits per heavy atom. The molecule has 3 aromatic carbocycles. The van der Waals surface area contributed by atoms with Gasteiger partial charge in [0, 0.05) is 29.5 Å².